The minimum atomic E-state index is 0.596. The van der Waals surface area contributed by atoms with Crippen molar-refractivity contribution in [3.8, 4) is 5.75 Å². The standard InChI is InChI=1S/C17H27ClN2O/c1-20(2)11-8-14-7-10-19-16(13-14)9-12-21-17-5-3-15(18)4-6-17/h3-6,14,16,19H,7-13H2,1-2H3. The van der Waals surface area contributed by atoms with Gasteiger partial charge in [0.25, 0.3) is 0 Å². The molecule has 2 rings (SSSR count). The summed E-state index contributed by atoms with van der Waals surface area (Å²) in [6.45, 7) is 3.10. The number of rotatable bonds is 7. The summed E-state index contributed by atoms with van der Waals surface area (Å²) in [5.41, 5.74) is 0. The third kappa shape index (κ3) is 6.25. The summed E-state index contributed by atoms with van der Waals surface area (Å²) in [7, 11) is 4.30. The molecule has 1 N–H and O–H groups in total. The molecule has 0 bridgehead atoms. The minimum Gasteiger partial charge on any atom is -0.494 e. The van der Waals surface area contributed by atoms with E-state index < -0.39 is 0 Å². The predicted molar refractivity (Wildman–Crippen MR) is 89.2 cm³/mol. The number of ether oxygens (including phenoxy) is 1. The van der Waals surface area contributed by atoms with E-state index in [2.05, 4.69) is 24.3 Å². The van der Waals surface area contributed by atoms with Gasteiger partial charge in [0.2, 0.25) is 0 Å². The number of benzene rings is 1. The molecule has 3 nitrogen and oxygen atoms in total. The molecule has 1 aromatic carbocycles. The lowest BCUT2D eigenvalue weighted by atomic mass is 9.88. The predicted octanol–water partition coefficient (Wildman–Crippen LogP) is 3.43. The van der Waals surface area contributed by atoms with Crippen molar-refractivity contribution >= 4 is 11.6 Å². The van der Waals surface area contributed by atoms with E-state index in [-0.39, 0.29) is 0 Å². The van der Waals surface area contributed by atoms with Crippen LogP contribution >= 0.6 is 11.6 Å². The Kier molecular flexibility index (Phi) is 6.81. The van der Waals surface area contributed by atoms with Crippen molar-refractivity contribution in [3.05, 3.63) is 29.3 Å². The van der Waals surface area contributed by atoms with E-state index >= 15 is 0 Å². The molecule has 1 aliphatic heterocycles. The van der Waals surface area contributed by atoms with E-state index in [1.54, 1.807) is 0 Å². The van der Waals surface area contributed by atoms with Crippen molar-refractivity contribution in [3.63, 3.8) is 0 Å². The van der Waals surface area contributed by atoms with E-state index in [1.807, 2.05) is 24.3 Å². The number of hydrogen-bond donors (Lipinski definition) is 1. The van der Waals surface area contributed by atoms with Crippen molar-refractivity contribution in [2.75, 3.05) is 33.8 Å². The molecule has 0 aromatic heterocycles. The van der Waals surface area contributed by atoms with Gasteiger partial charge < -0.3 is 15.0 Å². The monoisotopic (exact) mass is 310 g/mol. The second-order valence-electron chi connectivity index (χ2n) is 6.22. The molecular weight excluding hydrogens is 284 g/mol. The van der Waals surface area contributed by atoms with Gasteiger partial charge in [-0.05, 0) is 83.1 Å². The van der Waals surface area contributed by atoms with Crippen LogP contribution in [0.2, 0.25) is 5.02 Å². The molecule has 1 heterocycles. The van der Waals surface area contributed by atoms with Crippen molar-refractivity contribution in [1.29, 1.82) is 0 Å². The van der Waals surface area contributed by atoms with Crippen LogP contribution in [0.5, 0.6) is 5.75 Å². The molecule has 0 amide bonds. The first-order chi connectivity index (χ1) is 10.1. The lowest BCUT2D eigenvalue weighted by molar-refractivity contribution is 0.222. The Labute approximate surface area is 133 Å². The fraction of sp³-hybridized carbons (Fsp3) is 0.647. The first-order valence-electron chi connectivity index (χ1n) is 7.90. The lowest BCUT2D eigenvalue weighted by Crippen LogP contribution is -2.39. The Bertz CT molecular complexity index is 408. The Hall–Kier alpha value is -0.770. The highest BCUT2D eigenvalue weighted by Gasteiger charge is 2.21. The third-order valence-electron chi connectivity index (χ3n) is 4.14. The summed E-state index contributed by atoms with van der Waals surface area (Å²) in [6.07, 6.45) is 4.96. The fourth-order valence-electron chi connectivity index (χ4n) is 2.87. The quantitative estimate of drug-likeness (QED) is 0.835. The average Bonchev–Trinajstić information content (AvgIpc) is 2.48. The molecule has 1 fully saturated rings. The molecule has 0 saturated carbocycles. The molecule has 0 radical (unpaired) electrons. The Balaban J connectivity index is 1.66. The zero-order valence-corrected chi connectivity index (χ0v) is 13.9. The molecule has 21 heavy (non-hydrogen) atoms. The smallest absolute Gasteiger partial charge is 0.119 e. The molecule has 0 spiro atoms. The van der Waals surface area contributed by atoms with Crippen LogP contribution in [0.3, 0.4) is 0 Å². The summed E-state index contributed by atoms with van der Waals surface area (Å²) in [5, 5.41) is 4.37. The molecule has 1 aliphatic rings. The summed E-state index contributed by atoms with van der Waals surface area (Å²) in [5.74, 6) is 1.76. The van der Waals surface area contributed by atoms with Crippen LogP contribution in [0.4, 0.5) is 0 Å². The van der Waals surface area contributed by atoms with Gasteiger partial charge in [-0.2, -0.15) is 0 Å². The second kappa shape index (κ2) is 8.62. The maximum Gasteiger partial charge on any atom is 0.119 e. The van der Waals surface area contributed by atoms with E-state index in [1.165, 1.54) is 25.8 Å². The highest BCUT2D eigenvalue weighted by molar-refractivity contribution is 6.30. The number of nitrogens with one attached hydrogen (secondary N) is 1. The zero-order chi connectivity index (χ0) is 15.1. The molecule has 2 unspecified atom stereocenters. The number of nitrogens with zero attached hydrogens (tertiary/aromatic N) is 1. The van der Waals surface area contributed by atoms with Crippen LogP contribution in [-0.2, 0) is 0 Å². The number of hydrogen-bond acceptors (Lipinski definition) is 3. The van der Waals surface area contributed by atoms with Crippen molar-refractivity contribution < 1.29 is 4.74 Å². The Morgan fingerprint density at radius 1 is 1.24 bits per heavy atom. The van der Waals surface area contributed by atoms with Crippen LogP contribution in [-0.4, -0.2) is 44.7 Å². The van der Waals surface area contributed by atoms with Crippen LogP contribution in [0.25, 0.3) is 0 Å². The topological polar surface area (TPSA) is 24.5 Å². The van der Waals surface area contributed by atoms with Gasteiger partial charge in [0.1, 0.15) is 5.75 Å². The first kappa shape index (κ1) is 16.6. The van der Waals surface area contributed by atoms with Gasteiger partial charge in [-0.3, -0.25) is 0 Å². The zero-order valence-electron chi connectivity index (χ0n) is 13.1. The maximum atomic E-state index is 5.87. The van der Waals surface area contributed by atoms with Gasteiger partial charge >= 0.3 is 0 Å². The SMILES string of the molecule is CN(C)CCC1CCNC(CCOc2ccc(Cl)cc2)C1. The maximum absolute atomic E-state index is 5.87. The van der Waals surface area contributed by atoms with Crippen LogP contribution in [0.1, 0.15) is 25.7 Å². The minimum absolute atomic E-state index is 0.596. The highest BCUT2D eigenvalue weighted by Crippen LogP contribution is 2.22. The first-order valence-corrected chi connectivity index (χ1v) is 8.28. The Morgan fingerprint density at radius 2 is 2.00 bits per heavy atom. The van der Waals surface area contributed by atoms with Crippen LogP contribution in [0, 0.1) is 5.92 Å². The van der Waals surface area contributed by atoms with E-state index in [0.717, 1.165) is 36.3 Å². The normalized spacial score (nSPS) is 22.5. The van der Waals surface area contributed by atoms with Crippen LogP contribution < -0.4 is 10.1 Å². The van der Waals surface area contributed by atoms with Gasteiger partial charge in [0.15, 0.2) is 0 Å². The largest absolute Gasteiger partial charge is 0.494 e. The van der Waals surface area contributed by atoms with Crippen molar-refractivity contribution in [2.24, 2.45) is 5.92 Å². The van der Waals surface area contributed by atoms with Gasteiger partial charge in [-0.25, -0.2) is 0 Å². The van der Waals surface area contributed by atoms with E-state index in [4.69, 9.17) is 16.3 Å². The number of halogens is 1. The van der Waals surface area contributed by atoms with E-state index in [0.29, 0.717) is 6.04 Å². The number of piperidine rings is 1. The summed E-state index contributed by atoms with van der Waals surface area (Å²) in [6, 6.07) is 8.19. The summed E-state index contributed by atoms with van der Waals surface area (Å²) >= 11 is 5.87. The molecule has 1 saturated heterocycles. The summed E-state index contributed by atoms with van der Waals surface area (Å²) < 4.78 is 5.79. The van der Waals surface area contributed by atoms with Gasteiger partial charge in [0.05, 0.1) is 6.61 Å². The average molecular weight is 311 g/mol. The fourth-order valence-corrected chi connectivity index (χ4v) is 2.99. The van der Waals surface area contributed by atoms with Crippen molar-refractivity contribution in [1.82, 2.24) is 10.2 Å². The third-order valence-corrected chi connectivity index (χ3v) is 4.39. The van der Waals surface area contributed by atoms with E-state index in [9.17, 15) is 0 Å². The second-order valence-corrected chi connectivity index (χ2v) is 6.66. The lowest BCUT2D eigenvalue weighted by Gasteiger charge is -2.31. The molecular formula is C17H27ClN2O. The van der Waals surface area contributed by atoms with Crippen molar-refractivity contribution in [2.45, 2.75) is 31.7 Å². The molecule has 118 valence electrons. The van der Waals surface area contributed by atoms with Crippen LogP contribution in [0.15, 0.2) is 24.3 Å². The molecule has 4 heteroatoms. The molecule has 0 aliphatic carbocycles. The summed E-state index contributed by atoms with van der Waals surface area (Å²) in [4.78, 5) is 2.28. The van der Waals surface area contributed by atoms with Gasteiger partial charge in [0, 0.05) is 11.1 Å². The van der Waals surface area contributed by atoms with Gasteiger partial charge in [-0.1, -0.05) is 11.6 Å². The molecule has 1 aromatic rings. The molecule has 2 atom stereocenters. The highest BCUT2D eigenvalue weighted by atomic mass is 35.5. The van der Waals surface area contributed by atoms with Gasteiger partial charge in [-0.15, -0.1) is 0 Å². The Morgan fingerprint density at radius 3 is 2.71 bits per heavy atom.